The number of carbonyl (C=O) groups is 3. The summed E-state index contributed by atoms with van der Waals surface area (Å²) in [4.78, 5) is 38.5. The van der Waals surface area contributed by atoms with Crippen LogP contribution < -0.4 is 20.8 Å². The zero-order chi connectivity index (χ0) is 24.9. The summed E-state index contributed by atoms with van der Waals surface area (Å²) in [5.41, 5.74) is 5.32. The van der Waals surface area contributed by atoms with Crippen LogP contribution in [0.15, 0.2) is 77.3 Å². The number of carbonyl (C=O) groups excluding carboxylic acids is 3. The molecule has 0 bridgehead atoms. The minimum absolute atomic E-state index is 0.168. The lowest BCUT2D eigenvalue weighted by Crippen LogP contribution is -2.36. The van der Waals surface area contributed by atoms with E-state index in [0.29, 0.717) is 34.6 Å². The van der Waals surface area contributed by atoms with Crippen molar-refractivity contribution in [3.05, 3.63) is 88.5 Å². The number of rotatable bonds is 6. The van der Waals surface area contributed by atoms with Gasteiger partial charge in [-0.25, -0.2) is 4.68 Å². The Balaban J connectivity index is 1.57. The van der Waals surface area contributed by atoms with Gasteiger partial charge in [0.15, 0.2) is 0 Å². The highest BCUT2D eigenvalue weighted by molar-refractivity contribution is 9.10. The molecule has 3 N–H and O–H groups in total. The van der Waals surface area contributed by atoms with Crippen LogP contribution in [0.4, 0.5) is 11.4 Å². The number of nitrogens with one attached hydrogen (secondary N) is 3. The van der Waals surface area contributed by atoms with Gasteiger partial charge >= 0.3 is 11.8 Å². The molecule has 178 valence electrons. The van der Waals surface area contributed by atoms with Crippen molar-refractivity contribution in [2.75, 3.05) is 22.7 Å². The minimum atomic E-state index is -0.927. The second kappa shape index (κ2) is 10.4. The molecule has 0 radical (unpaired) electrons. The van der Waals surface area contributed by atoms with Crippen molar-refractivity contribution >= 4 is 55.9 Å². The molecule has 9 heteroatoms. The van der Waals surface area contributed by atoms with E-state index < -0.39 is 17.7 Å². The van der Waals surface area contributed by atoms with Gasteiger partial charge in [0.05, 0.1) is 12.1 Å². The van der Waals surface area contributed by atoms with Crippen LogP contribution in [-0.4, -0.2) is 29.0 Å². The fourth-order valence-corrected chi connectivity index (χ4v) is 3.91. The molecule has 0 saturated heterocycles. The minimum Gasteiger partial charge on any atom is -0.494 e. The van der Waals surface area contributed by atoms with Gasteiger partial charge in [0.1, 0.15) is 11.4 Å². The van der Waals surface area contributed by atoms with Crippen molar-refractivity contribution in [1.29, 1.82) is 0 Å². The number of amides is 3. The summed E-state index contributed by atoms with van der Waals surface area (Å²) in [5, 5.41) is 6.09. The molecule has 3 aromatic carbocycles. The maximum atomic E-state index is 13.1. The monoisotopic (exact) mass is 534 g/mol. The number of halogens is 1. The maximum Gasteiger partial charge on any atom is 0.328 e. The molecule has 4 aromatic rings. The highest BCUT2D eigenvalue weighted by atomic mass is 79.9. The van der Waals surface area contributed by atoms with Crippen molar-refractivity contribution in [3.63, 3.8) is 0 Å². The average Bonchev–Trinajstić information content (AvgIpc) is 3.18. The number of hydrogen-bond donors (Lipinski definition) is 3. The van der Waals surface area contributed by atoms with Crippen LogP contribution in [0.3, 0.4) is 0 Å². The van der Waals surface area contributed by atoms with Crippen molar-refractivity contribution < 1.29 is 19.1 Å². The third-order valence-corrected chi connectivity index (χ3v) is 5.61. The Morgan fingerprint density at radius 1 is 0.886 bits per heavy atom. The molecule has 1 heterocycles. The molecule has 0 spiro atoms. The zero-order valence-corrected chi connectivity index (χ0v) is 20.7. The van der Waals surface area contributed by atoms with E-state index in [4.69, 9.17) is 4.74 Å². The normalized spacial score (nSPS) is 10.6. The lowest BCUT2D eigenvalue weighted by atomic mass is 10.2. The van der Waals surface area contributed by atoms with Gasteiger partial charge in [-0.3, -0.25) is 19.8 Å². The van der Waals surface area contributed by atoms with Crippen LogP contribution in [0.5, 0.6) is 5.75 Å². The topological polar surface area (TPSA) is 101 Å². The SMILES string of the molecule is CCOc1ccc(NC(=O)C(=O)Nn2c(C(=O)Nc3cccc(C)c3)cc3cc(Br)ccc32)cc1. The first-order valence-corrected chi connectivity index (χ1v) is 11.7. The summed E-state index contributed by atoms with van der Waals surface area (Å²) < 4.78 is 7.51. The molecule has 0 aliphatic heterocycles. The fraction of sp³-hybridized carbons (Fsp3) is 0.115. The largest absolute Gasteiger partial charge is 0.494 e. The van der Waals surface area contributed by atoms with Gasteiger partial charge in [-0.1, -0.05) is 28.1 Å². The van der Waals surface area contributed by atoms with Crippen molar-refractivity contribution in [1.82, 2.24) is 4.68 Å². The Hall–Kier alpha value is -4.11. The maximum absolute atomic E-state index is 13.1. The van der Waals surface area contributed by atoms with Gasteiger partial charge in [-0.2, -0.15) is 0 Å². The molecule has 0 unspecified atom stereocenters. The number of hydrogen-bond acceptors (Lipinski definition) is 4. The number of ether oxygens (including phenoxy) is 1. The Morgan fingerprint density at radius 3 is 2.37 bits per heavy atom. The van der Waals surface area contributed by atoms with Gasteiger partial charge in [-0.15, -0.1) is 0 Å². The molecule has 4 rings (SSSR count). The van der Waals surface area contributed by atoms with E-state index in [1.54, 1.807) is 48.5 Å². The number of aryl methyl sites for hydroxylation is 1. The first-order chi connectivity index (χ1) is 16.8. The van der Waals surface area contributed by atoms with E-state index in [0.717, 1.165) is 10.0 Å². The van der Waals surface area contributed by atoms with E-state index in [-0.39, 0.29) is 5.69 Å². The summed E-state index contributed by atoms with van der Waals surface area (Å²) in [6.45, 7) is 4.32. The number of nitrogens with zero attached hydrogens (tertiary/aromatic N) is 1. The number of anilines is 2. The van der Waals surface area contributed by atoms with Gasteiger partial charge in [-0.05, 0) is 80.1 Å². The molecule has 8 nitrogen and oxygen atoms in total. The molecular weight excluding hydrogens is 512 g/mol. The summed E-state index contributed by atoms with van der Waals surface area (Å²) in [7, 11) is 0. The Kier molecular flexibility index (Phi) is 7.17. The van der Waals surface area contributed by atoms with Crippen LogP contribution >= 0.6 is 15.9 Å². The average molecular weight is 535 g/mol. The zero-order valence-electron chi connectivity index (χ0n) is 19.1. The highest BCUT2D eigenvalue weighted by Gasteiger charge is 2.21. The van der Waals surface area contributed by atoms with Crippen LogP contribution in [0.2, 0.25) is 0 Å². The number of fused-ring (bicyclic) bond motifs is 1. The first-order valence-electron chi connectivity index (χ1n) is 10.9. The highest BCUT2D eigenvalue weighted by Crippen LogP contribution is 2.24. The molecule has 0 aliphatic carbocycles. The number of aromatic nitrogens is 1. The van der Waals surface area contributed by atoms with Gasteiger partial charge in [0.25, 0.3) is 5.91 Å². The van der Waals surface area contributed by atoms with Gasteiger partial charge in [0, 0.05) is 21.2 Å². The van der Waals surface area contributed by atoms with Crippen LogP contribution in [0, 0.1) is 6.92 Å². The number of benzene rings is 3. The Morgan fingerprint density at radius 2 is 1.66 bits per heavy atom. The molecule has 1 aromatic heterocycles. The fourth-order valence-electron chi connectivity index (χ4n) is 3.53. The molecule has 0 aliphatic rings. The lowest BCUT2D eigenvalue weighted by molar-refractivity contribution is -0.133. The molecule has 0 fully saturated rings. The summed E-state index contributed by atoms with van der Waals surface area (Å²) in [5.74, 6) is -1.58. The second-order valence-electron chi connectivity index (χ2n) is 7.74. The smallest absolute Gasteiger partial charge is 0.328 e. The van der Waals surface area contributed by atoms with Crippen LogP contribution in [-0.2, 0) is 9.59 Å². The first kappa shape index (κ1) is 24.0. The van der Waals surface area contributed by atoms with Crippen LogP contribution in [0.25, 0.3) is 10.9 Å². The molecular formula is C26H23BrN4O4. The third kappa shape index (κ3) is 5.70. The lowest BCUT2D eigenvalue weighted by Gasteiger charge is -2.13. The van der Waals surface area contributed by atoms with E-state index >= 15 is 0 Å². The molecule has 0 saturated carbocycles. The second-order valence-corrected chi connectivity index (χ2v) is 8.66. The van der Waals surface area contributed by atoms with E-state index in [1.165, 1.54) is 4.68 Å². The Bertz CT molecular complexity index is 1410. The van der Waals surface area contributed by atoms with E-state index in [9.17, 15) is 14.4 Å². The Labute approximate surface area is 210 Å². The molecule has 0 atom stereocenters. The third-order valence-electron chi connectivity index (χ3n) is 5.11. The van der Waals surface area contributed by atoms with Gasteiger partial charge in [0.2, 0.25) is 0 Å². The van der Waals surface area contributed by atoms with E-state index in [2.05, 4.69) is 32.0 Å². The van der Waals surface area contributed by atoms with Crippen molar-refractivity contribution in [2.45, 2.75) is 13.8 Å². The summed E-state index contributed by atoms with van der Waals surface area (Å²) in [6.07, 6.45) is 0. The molecule has 3 amide bonds. The van der Waals surface area contributed by atoms with Crippen molar-refractivity contribution in [2.24, 2.45) is 0 Å². The van der Waals surface area contributed by atoms with Crippen molar-refractivity contribution in [3.8, 4) is 5.75 Å². The standard InChI is InChI=1S/C26H23BrN4O4/c1-3-35-21-10-8-19(9-11-21)28-25(33)26(34)30-31-22-12-7-18(27)14-17(22)15-23(31)24(32)29-20-6-4-5-16(2)13-20/h4-15H,3H2,1-2H3,(H,28,33)(H,29,32)(H,30,34). The van der Waals surface area contributed by atoms with Gasteiger partial charge < -0.3 is 15.4 Å². The predicted molar refractivity (Wildman–Crippen MR) is 139 cm³/mol. The van der Waals surface area contributed by atoms with Crippen LogP contribution in [0.1, 0.15) is 23.0 Å². The summed E-state index contributed by atoms with van der Waals surface area (Å²) in [6, 6.07) is 21.0. The molecule has 35 heavy (non-hydrogen) atoms. The predicted octanol–water partition coefficient (Wildman–Crippen LogP) is 5.07. The summed E-state index contributed by atoms with van der Waals surface area (Å²) >= 11 is 3.42. The van der Waals surface area contributed by atoms with E-state index in [1.807, 2.05) is 38.1 Å². The quantitative estimate of drug-likeness (QED) is 0.300.